The fraction of sp³-hybridized carbons (Fsp3) is 0.111. The maximum absolute atomic E-state index is 13.6. The van der Waals surface area contributed by atoms with Gasteiger partial charge in [-0.15, -0.1) is 0 Å². The third-order valence-corrected chi connectivity index (χ3v) is 4.55. The quantitative estimate of drug-likeness (QED) is 0.572. The molecule has 0 aliphatic carbocycles. The zero-order valence-electron chi connectivity index (χ0n) is 11.5. The van der Waals surface area contributed by atoms with E-state index >= 15 is 0 Å². The largest absolute Gasteiger partial charge is 0.496 e. The number of methoxy groups -OCH3 is 1. The first kappa shape index (κ1) is 14.1. The summed E-state index contributed by atoms with van der Waals surface area (Å²) in [5, 5.41) is 2.31. The van der Waals surface area contributed by atoms with E-state index < -0.39 is 0 Å². The molecule has 1 unspecified atom stereocenters. The molecule has 21 heavy (non-hydrogen) atoms. The molecule has 0 radical (unpaired) electrons. The van der Waals surface area contributed by atoms with Gasteiger partial charge in [0.2, 0.25) is 0 Å². The van der Waals surface area contributed by atoms with Gasteiger partial charge in [0.05, 0.1) is 11.9 Å². The van der Waals surface area contributed by atoms with Crippen LogP contribution in [0.5, 0.6) is 5.75 Å². The Morgan fingerprint density at radius 1 is 0.952 bits per heavy atom. The van der Waals surface area contributed by atoms with E-state index in [-0.39, 0.29) is 10.6 Å². The molecular formula is C18H14BrFO. The van der Waals surface area contributed by atoms with Gasteiger partial charge in [0, 0.05) is 5.56 Å². The lowest BCUT2D eigenvalue weighted by Gasteiger charge is -2.16. The lowest BCUT2D eigenvalue weighted by molar-refractivity contribution is 0.409. The summed E-state index contributed by atoms with van der Waals surface area (Å²) in [6, 6.07) is 18.9. The molecule has 0 saturated carbocycles. The van der Waals surface area contributed by atoms with E-state index in [1.165, 1.54) is 12.1 Å². The van der Waals surface area contributed by atoms with Crippen molar-refractivity contribution in [1.29, 1.82) is 0 Å². The molecule has 0 aromatic heterocycles. The fourth-order valence-electron chi connectivity index (χ4n) is 2.54. The lowest BCUT2D eigenvalue weighted by Crippen LogP contribution is -1.99. The van der Waals surface area contributed by atoms with Crippen LogP contribution in [0.2, 0.25) is 0 Å². The van der Waals surface area contributed by atoms with Crippen LogP contribution >= 0.6 is 15.9 Å². The van der Waals surface area contributed by atoms with Gasteiger partial charge in [-0.1, -0.05) is 58.4 Å². The third kappa shape index (κ3) is 2.66. The summed E-state index contributed by atoms with van der Waals surface area (Å²) in [7, 11) is 1.60. The molecule has 1 atom stereocenters. The average Bonchev–Trinajstić information content (AvgIpc) is 2.53. The molecule has 0 aliphatic rings. The van der Waals surface area contributed by atoms with E-state index in [1.54, 1.807) is 13.2 Å². The highest BCUT2D eigenvalue weighted by atomic mass is 79.9. The number of rotatable bonds is 3. The van der Waals surface area contributed by atoms with E-state index in [4.69, 9.17) is 4.74 Å². The molecule has 3 aromatic rings. The van der Waals surface area contributed by atoms with Crippen molar-refractivity contribution in [3.63, 3.8) is 0 Å². The monoisotopic (exact) mass is 344 g/mol. The van der Waals surface area contributed by atoms with Gasteiger partial charge in [-0.3, -0.25) is 0 Å². The normalized spacial score (nSPS) is 12.3. The van der Waals surface area contributed by atoms with Crippen LogP contribution in [0.15, 0.2) is 60.7 Å². The standard InChI is InChI=1S/C18H14BrFO/c1-21-17-10-9-13(20)11-16(17)18(19)15-8-4-6-12-5-2-3-7-14(12)15/h2-11,18H,1H3. The van der Waals surface area contributed by atoms with Crippen molar-refractivity contribution in [2.75, 3.05) is 7.11 Å². The van der Waals surface area contributed by atoms with E-state index in [1.807, 2.05) is 24.3 Å². The van der Waals surface area contributed by atoms with Crippen LogP contribution in [-0.4, -0.2) is 7.11 Å². The average molecular weight is 345 g/mol. The molecule has 3 aromatic carbocycles. The van der Waals surface area contributed by atoms with Gasteiger partial charge in [-0.05, 0) is 34.5 Å². The molecule has 0 aliphatic heterocycles. The molecule has 0 spiro atoms. The summed E-state index contributed by atoms with van der Waals surface area (Å²) >= 11 is 3.69. The maximum atomic E-state index is 13.6. The Bertz CT molecular complexity index is 780. The minimum atomic E-state index is -0.268. The Morgan fingerprint density at radius 3 is 2.52 bits per heavy atom. The maximum Gasteiger partial charge on any atom is 0.123 e. The number of fused-ring (bicyclic) bond motifs is 1. The van der Waals surface area contributed by atoms with Crippen molar-refractivity contribution in [2.45, 2.75) is 4.83 Å². The molecule has 0 N–H and O–H groups in total. The molecule has 0 saturated heterocycles. The van der Waals surface area contributed by atoms with Crippen LogP contribution in [0.1, 0.15) is 16.0 Å². The third-order valence-electron chi connectivity index (χ3n) is 3.56. The minimum absolute atomic E-state index is 0.130. The topological polar surface area (TPSA) is 9.23 Å². The summed E-state index contributed by atoms with van der Waals surface area (Å²) < 4.78 is 19.0. The highest BCUT2D eigenvalue weighted by Gasteiger charge is 2.18. The van der Waals surface area contributed by atoms with E-state index in [2.05, 4.69) is 34.1 Å². The second-order valence-electron chi connectivity index (χ2n) is 4.82. The predicted octanol–water partition coefficient (Wildman–Crippen LogP) is 5.47. The first-order chi connectivity index (χ1) is 10.2. The summed E-state index contributed by atoms with van der Waals surface area (Å²) in [5.41, 5.74) is 1.88. The Hall–Kier alpha value is -1.87. The van der Waals surface area contributed by atoms with Crippen LogP contribution < -0.4 is 4.74 Å². The Kier molecular flexibility index (Phi) is 3.93. The number of alkyl halides is 1. The first-order valence-electron chi connectivity index (χ1n) is 6.66. The second kappa shape index (κ2) is 5.86. The van der Waals surface area contributed by atoms with Crippen LogP contribution in [0.25, 0.3) is 10.8 Å². The van der Waals surface area contributed by atoms with Crippen molar-refractivity contribution in [1.82, 2.24) is 0 Å². The zero-order valence-corrected chi connectivity index (χ0v) is 13.1. The number of halogens is 2. The lowest BCUT2D eigenvalue weighted by atomic mass is 9.98. The Balaban J connectivity index is 2.17. The van der Waals surface area contributed by atoms with Gasteiger partial charge in [0.15, 0.2) is 0 Å². The van der Waals surface area contributed by atoms with E-state index in [0.29, 0.717) is 5.75 Å². The summed E-state index contributed by atoms with van der Waals surface area (Å²) in [4.78, 5) is -0.130. The predicted molar refractivity (Wildman–Crippen MR) is 87.7 cm³/mol. The molecule has 0 fully saturated rings. The fourth-order valence-corrected chi connectivity index (χ4v) is 3.30. The number of ether oxygens (including phenoxy) is 1. The van der Waals surface area contributed by atoms with Gasteiger partial charge in [-0.2, -0.15) is 0 Å². The molecule has 1 nitrogen and oxygen atoms in total. The molecule has 3 rings (SSSR count). The van der Waals surface area contributed by atoms with Crippen molar-refractivity contribution in [3.05, 3.63) is 77.6 Å². The van der Waals surface area contributed by atoms with Crippen LogP contribution in [0.4, 0.5) is 4.39 Å². The smallest absolute Gasteiger partial charge is 0.123 e. The zero-order chi connectivity index (χ0) is 14.8. The number of benzene rings is 3. The van der Waals surface area contributed by atoms with Crippen molar-refractivity contribution in [3.8, 4) is 5.75 Å². The van der Waals surface area contributed by atoms with Gasteiger partial charge in [0.1, 0.15) is 11.6 Å². The van der Waals surface area contributed by atoms with Gasteiger partial charge in [-0.25, -0.2) is 4.39 Å². The number of hydrogen-bond acceptors (Lipinski definition) is 1. The Morgan fingerprint density at radius 2 is 1.71 bits per heavy atom. The molecule has 0 bridgehead atoms. The highest BCUT2D eigenvalue weighted by Crippen LogP contribution is 2.39. The number of hydrogen-bond donors (Lipinski definition) is 0. The van der Waals surface area contributed by atoms with Crippen LogP contribution in [0, 0.1) is 5.82 Å². The van der Waals surface area contributed by atoms with Crippen molar-refractivity contribution < 1.29 is 9.13 Å². The van der Waals surface area contributed by atoms with E-state index in [9.17, 15) is 4.39 Å². The SMILES string of the molecule is COc1ccc(F)cc1C(Br)c1cccc2ccccc12. The summed E-state index contributed by atoms with van der Waals surface area (Å²) in [6.07, 6.45) is 0. The second-order valence-corrected chi connectivity index (χ2v) is 5.73. The molecular weight excluding hydrogens is 331 g/mol. The molecule has 0 amide bonds. The van der Waals surface area contributed by atoms with E-state index in [0.717, 1.165) is 21.9 Å². The van der Waals surface area contributed by atoms with Crippen molar-refractivity contribution >= 4 is 26.7 Å². The molecule has 0 heterocycles. The van der Waals surface area contributed by atoms with Gasteiger partial charge in [0.25, 0.3) is 0 Å². The summed E-state index contributed by atoms with van der Waals surface area (Å²) in [5.74, 6) is 0.404. The van der Waals surface area contributed by atoms with Crippen LogP contribution in [0.3, 0.4) is 0 Å². The molecule has 3 heteroatoms. The van der Waals surface area contributed by atoms with Gasteiger partial charge < -0.3 is 4.74 Å². The van der Waals surface area contributed by atoms with Crippen LogP contribution in [-0.2, 0) is 0 Å². The van der Waals surface area contributed by atoms with Gasteiger partial charge >= 0.3 is 0 Å². The highest BCUT2D eigenvalue weighted by molar-refractivity contribution is 9.09. The van der Waals surface area contributed by atoms with Crippen molar-refractivity contribution in [2.24, 2.45) is 0 Å². The Labute approximate surface area is 131 Å². The minimum Gasteiger partial charge on any atom is -0.496 e. The molecule has 106 valence electrons. The summed E-state index contributed by atoms with van der Waals surface area (Å²) in [6.45, 7) is 0. The first-order valence-corrected chi connectivity index (χ1v) is 7.57.